The Hall–Kier alpha value is -3.37. The van der Waals surface area contributed by atoms with Crippen LogP contribution in [0.2, 0.25) is 0 Å². The highest BCUT2D eigenvalue weighted by atomic mass is 79.9. The second kappa shape index (κ2) is 13.4. The average Bonchev–Trinajstić information content (AvgIpc) is 2.93. The molecular formula is C28H32BrN3O5S. The molecule has 2 amide bonds. The zero-order valence-corrected chi connectivity index (χ0v) is 24.0. The highest BCUT2D eigenvalue weighted by Gasteiger charge is 2.33. The highest BCUT2D eigenvalue weighted by molar-refractivity contribution is 9.10. The summed E-state index contributed by atoms with van der Waals surface area (Å²) in [6.45, 7) is 3.68. The van der Waals surface area contributed by atoms with Crippen molar-refractivity contribution in [3.05, 3.63) is 88.9 Å². The smallest absolute Gasteiger partial charge is 0.264 e. The van der Waals surface area contributed by atoms with Gasteiger partial charge in [-0.3, -0.25) is 13.9 Å². The minimum absolute atomic E-state index is 0.0631. The van der Waals surface area contributed by atoms with Crippen molar-refractivity contribution in [1.29, 1.82) is 0 Å². The third-order valence-corrected chi connectivity index (χ3v) is 8.29. The minimum Gasteiger partial charge on any atom is -0.497 e. The van der Waals surface area contributed by atoms with E-state index in [1.54, 1.807) is 61.7 Å². The van der Waals surface area contributed by atoms with Crippen LogP contribution in [0.4, 0.5) is 5.69 Å². The lowest BCUT2D eigenvalue weighted by Gasteiger charge is -2.33. The van der Waals surface area contributed by atoms with Gasteiger partial charge in [0.25, 0.3) is 10.0 Å². The number of ether oxygens (including phenoxy) is 1. The first-order chi connectivity index (χ1) is 18.2. The molecule has 1 atom stereocenters. The first-order valence-corrected chi connectivity index (χ1v) is 14.5. The lowest BCUT2D eigenvalue weighted by Crippen LogP contribution is -2.52. The Balaban J connectivity index is 2.03. The van der Waals surface area contributed by atoms with Crippen LogP contribution in [0.3, 0.4) is 0 Å². The number of amides is 2. The maximum absolute atomic E-state index is 13.9. The molecule has 10 heteroatoms. The molecule has 8 nitrogen and oxygen atoms in total. The Morgan fingerprint density at radius 2 is 1.58 bits per heavy atom. The molecule has 0 unspecified atom stereocenters. The highest BCUT2D eigenvalue weighted by Crippen LogP contribution is 2.26. The van der Waals surface area contributed by atoms with E-state index in [1.165, 1.54) is 17.0 Å². The van der Waals surface area contributed by atoms with Gasteiger partial charge in [0.05, 0.1) is 17.7 Å². The number of nitrogens with zero attached hydrogens (tertiary/aromatic N) is 2. The van der Waals surface area contributed by atoms with E-state index in [2.05, 4.69) is 21.2 Å². The standard InChI is InChI=1S/C28H32BrN3O5S/c1-4-26(28(34)30-5-2)31(19-21-11-17-24(37-3)18-12-21)27(33)20-32(23-15-13-22(29)14-16-23)38(35,36)25-9-7-6-8-10-25/h6-18,26H,4-5,19-20H2,1-3H3,(H,30,34)/t26-/m0/s1. The lowest BCUT2D eigenvalue weighted by atomic mass is 10.1. The number of halogens is 1. The van der Waals surface area contributed by atoms with Crippen LogP contribution in [-0.2, 0) is 26.2 Å². The molecule has 0 radical (unpaired) electrons. The number of nitrogens with one attached hydrogen (secondary N) is 1. The number of methoxy groups -OCH3 is 1. The van der Waals surface area contributed by atoms with Gasteiger partial charge < -0.3 is 15.0 Å². The topological polar surface area (TPSA) is 96.0 Å². The van der Waals surface area contributed by atoms with Gasteiger partial charge >= 0.3 is 0 Å². The molecule has 0 aliphatic carbocycles. The molecule has 0 aromatic heterocycles. The van der Waals surface area contributed by atoms with E-state index in [1.807, 2.05) is 26.0 Å². The van der Waals surface area contributed by atoms with Crippen molar-refractivity contribution in [3.63, 3.8) is 0 Å². The van der Waals surface area contributed by atoms with Crippen molar-refractivity contribution in [3.8, 4) is 5.75 Å². The van der Waals surface area contributed by atoms with Gasteiger partial charge in [-0.1, -0.05) is 53.2 Å². The van der Waals surface area contributed by atoms with E-state index >= 15 is 0 Å². The molecule has 0 saturated carbocycles. The number of hydrogen-bond acceptors (Lipinski definition) is 5. The third-order valence-electron chi connectivity index (χ3n) is 5.97. The van der Waals surface area contributed by atoms with Crippen LogP contribution in [0.1, 0.15) is 25.8 Å². The quantitative estimate of drug-likeness (QED) is 0.327. The molecule has 0 heterocycles. The number of hydrogen-bond donors (Lipinski definition) is 1. The van der Waals surface area contributed by atoms with Crippen molar-refractivity contribution in [2.75, 3.05) is 24.5 Å². The number of anilines is 1. The molecule has 0 saturated heterocycles. The van der Waals surface area contributed by atoms with Crippen LogP contribution in [0.5, 0.6) is 5.75 Å². The molecule has 1 N–H and O–H groups in total. The summed E-state index contributed by atoms with van der Waals surface area (Å²) in [6.07, 6.45) is 0.359. The predicted molar refractivity (Wildman–Crippen MR) is 151 cm³/mol. The van der Waals surface area contributed by atoms with Crippen LogP contribution in [-0.4, -0.2) is 51.4 Å². The second-order valence-electron chi connectivity index (χ2n) is 8.49. The number of likely N-dealkylation sites (N-methyl/N-ethyl adjacent to an activating group) is 1. The van der Waals surface area contributed by atoms with Gasteiger partial charge in [0.15, 0.2) is 0 Å². The number of benzene rings is 3. The maximum atomic E-state index is 13.9. The van der Waals surface area contributed by atoms with Gasteiger partial charge in [-0.15, -0.1) is 0 Å². The van der Waals surface area contributed by atoms with E-state index < -0.39 is 28.5 Å². The number of sulfonamides is 1. The molecule has 3 aromatic carbocycles. The number of carbonyl (C=O) groups is 2. The predicted octanol–water partition coefficient (Wildman–Crippen LogP) is 4.60. The first-order valence-electron chi connectivity index (χ1n) is 12.2. The van der Waals surface area contributed by atoms with Gasteiger partial charge in [0, 0.05) is 17.6 Å². The van der Waals surface area contributed by atoms with Crippen molar-refractivity contribution in [2.45, 2.75) is 37.8 Å². The summed E-state index contributed by atoms with van der Waals surface area (Å²) in [6, 6.07) is 21.1. The Bertz CT molecular complexity index is 1320. The fourth-order valence-corrected chi connectivity index (χ4v) is 5.69. The Morgan fingerprint density at radius 1 is 0.947 bits per heavy atom. The minimum atomic E-state index is -4.09. The zero-order chi connectivity index (χ0) is 27.7. The molecule has 3 rings (SSSR count). The van der Waals surface area contributed by atoms with Crippen molar-refractivity contribution >= 4 is 43.5 Å². The zero-order valence-electron chi connectivity index (χ0n) is 21.6. The van der Waals surface area contributed by atoms with E-state index in [9.17, 15) is 18.0 Å². The summed E-state index contributed by atoms with van der Waals surface area (Å²) < 4.78 is 34.5. The van der Waals surface area contributed by atoms with Gasteiger partial charge in [-0.05, 0) is 67.4 Å². The maximum Gasteiger partial charge on any atom is 0.264 e. The SMILES string of the molecule is CCNC(=O)[C@H](CC)N(Cc1ccc(OC)cc1)C(=O)CN(c1ccc(Br)cc1)S(=O)(=O)c1ccccc1. The molecule has 3 aromatic rings. The summed E-state index contributed by atoms with van der Waals surface area (Å²) in [5.74, 6) is -0.128. The number of carbonyl (C=O) groups excluding carboxylic acids is 2. The van der Waals surface area contributed by atoms with Crippen LogP contribution >= 0.6 is 15.9 Å². The van der Waals surface area contributed by atoms with Crippen LogP contribution in [0.25, 0.3) is 0 Å². The second-order valence-corrected chi connectivity index (χ2v) is 11.3. The van der Waals surface area contributed by atoms with Crippen LogP contribution < -0.4 is 14.4 Å². The summed E-state index contributed by atoms with van der Waals surface area (Å²) in [5, 5.41) is 2.79. The third kappa shape index (κ3) is 7.14. The molecule has 202 valence electrons. The van der Waals surface area contributed by atoms with Gasteiger partial charge in [0.1, 0.15) is 18.3 Å². The van der Waals surface area contributed by atoms with Gasteiger partial charge in [-0.25, -0.2) is 8.42 Å². The largest absolute Gasteiger partial charge is 0.497 e. The summed E-state index contributed by atoms with van der Waals surface area (Å²) in [7, 11) is -2.52. The Kier molecular flexibility index (Phi) is 10.3. The molecule has 0 fully saturated rings. The monoisotopic (exact) mass is 601 g/mol. The molecule has 0 aliphatic rings. The van der Waals surface area contributed by atoms with E-state index in [0.717, 1.165) is 14.3 Å². The molecule has 0 bridgehead atoms. The first kappa shape index (κ1) is 29.2. The van der Waals surface area contributed by atoms with Crippen molar-refractivity contribution in [2.24, 2.45) is 0 Å². The molecule has 0 spiro atoms. The molecule has 0 aliphatic heterocycles. The Morgan fingerprint density at radius 3 is 2.13 bits per heavy atom. The molecule has 38 heavy (non-hydrogen) atoms. The van der Waals surface area contributed by atoms with E-state index in [-0.39, 0.29) is 17.3 Å². The summed E-state index contributed by atoms with van der Waals surface area (Å²) in [5.41, 5.74) is 1.11. The van der Waals surface area contributed by atoms with Crippen molar-refractivity contribution in [1.82, 2.24) is 10.2 Å². The van der Waals surface area contributed by atoms with Gasteiger partial charge in [-0.2, -0.15) is 0 Å². The summed E-state index contributed by atoms with van der Waals surface area (Å²) in [4.78, 5) is 28.4. The van der Waals surface area contributed by atoms with Gasteiger partial charge in [0.2, 0.25) is 11.8 Å². The van der Waals surface area contributed by atoms with E-state index in [4.69, 9.17) is 4.74 Å². The summed E-state index contributed by atoms with van der Waals surface area (Å²) >= 11 is 3.37. The number of rotatable bonds is 12. The Labute approximate surface area is 232 Å². The van der Waals surface area contributed by atoms with E-state index in [0.29, 0.717) is 24.4 Å². The van der Waals surface area contributed by atoms with Crippen LogP contribution in [0, 0.1) is 0 Å². The molecular weight excluding hydrogens is 570 g/mol. The lowest BCUT2D eigenvalue weighted by molar-refractivity contribution is -0.140. The average molecular weight is 603 g/mol. The normalized spacial score (nSPS) is 11.9. The van der Waals surface area contributed by atoms with Crippen LogP contribution in [0.15, 0.2) is 88.2 Å². The fourth-order valence-electron chi connectivity index (χ4n) is 3.99. The fraction of sp³-hybridized carbons (Fsp3) is 0.286. The van der Waals surface area contributed by atoms with Crippen molar-refractivity contribution < 1.29 is 22.7 Å².